The van der Waals surface area contributed by atoms with Crippen LogP contribution in [0.1, 0.15) is 61.0 Å². The summed E-state index contributed by atoms with van der Waals surface area (Å²) < 4.78 is 0. The first-order valence-electron chi connectivity index (χ1n) is 6.83. The molecule has 1 aromatic rings. The van der Waals surface area contributed by atoms with Gasteiger partial charge in [0.15, 0.2) is 0 Å². The van der Waals surface area contributed by atoms with Gasteiger partial charge in [-0.05, 0) is 17.9 Å². The summed E-state index contributed by atoms with van der Waals surface area (Å²) in [5.41, 5.74) is 1.44. The first-order chi connectivity index (χ1) is 7.79. The Kier molecular flexibility index (Phi) is 25.4. The topological polar surface area (TPSA) is 0 Å². The van der Waals surface area contributed by atoms with E-state index in [1.807, 2.05) is 41.5 Å². The van der Waals surface area contributed by atoms with Crippen molar-refractivity contribution >= 4 is 0 Å². The molecule has 0 heteroatoms. The molecule has 0 fully saturated rings. The summed E-state index contributed by atoms with van der Waals surface area (Å²) in [6, 6.07) is 10.6. The van der Waals surface area contributed by atoms with Gasteiger partial charge in [-0.3, -0.25) is 0 Å². The minimum absolute atomic E-state index is 0.766. The third kappa shape index (κ3) is 15.7. The fourth-order valence-corrected chi connectivity index (χ4v) is 1.09. The van der Waals surface area contributed by atoms with Gasteiger partial charge in [0.25, 0.3) is 0 Å². The first-order valence-corrected chi connectivity index (χ1v) is 6.83. The Hall–Kier alpha value is -0.780. The van der Waals surface area contributed by atoms with E-state index < -0.39 is 0 Å². The molecule has 0 unspecified atom stereocenters. The molecule has 0 spiro atoms. The minimum atomic E-state index is 0.766. The second kappa shape index (κ2) is 19.7. The van der Waals surface area contributed by atoms with Gasteiger partial charge in [0.05, 0.1) is 0 Å². The van der Waals surface area contributed by atoms with Crippen LogP contribution in [0.15, 0.2) is 30.3 Å². The molecule has 0 N–H and O–H groups in total. The van der Waals surface area contributed by atoms with Crippen molar-refractivity contribution in [3.63, 3.8) is 0 Å². The standard InChI is InChI=1S/C10H14.3C2H6/c1-9(2)8-10-6-4-3-5-7-10;3*1-2/h3-7,9H,8H2,1-2H3;3*1-2H3. The Bertz CT molecular complexity index is 174. The van der Waals surface area contributed by atoms with Gasteiger partial charge in [-0.1, -0.05) is 85.7 Å². The van der Waals surface area contributed by atoms with Crippen molar-refractivity contribution in [3.8, 4) is 0 Å². The van der Waals surface area contributed by atoms with Crippen LogP contribution in [-0.2, 0) is 6.42 Å². The monoisotopic (exact) mass is 224 g/mol. The van der Waals surface area contributed by atoms with Gasteiger partial charge in [0.2, 0.25) is 0 Å². The van der Waals surface area contributed by atoms with Crippen LogP contribution in [-0.4, -0.2) is 0 Å². The molecule has 0 aliphatic carbocycles. The zero-order chi connectivity index (χ0) is 13.4. The number of benzene rings is 1. The summed E-state index contributed by atoms with van der Waals surface area (Å²) in [6.07, 6.45) is 1.20. The summed E-state index contributed by atoms with van der Waals surface area (Å²) >= 11 is 0. The van der Waals surface area contributed by atoms with E-state index in [0.717, 1.165) is 5.92 Å². The van der Waals surface area contributed by atoms with E-state index in [0.29, 0.717) is 0 Å². The van der Waals surface area contributed by atoms with Crippen LogP contribution in [0.5, 0.6) is 0 Å². The molecule has 0 nitrogen and oxygen atoms in total. The van der Waals surface area contributed by atoms with E-state index >= 15 is 0 Å². The van der Waals surface area contributed by atoms with E-state index in [2.05, 4.69) is 44.2 Å². The molecular formula is C16H32. The fourth-order valence-electron chi connectivity index (χ4n) is 1.09. The Balaban J connectivity index is -0.000000245. The molecule has 0 bridgehead atoms. The van der Waals surface area contributed by atoms with E-state index in [4.69, 9.17) is 0 Å². The second-order valence-electron chi connectivity index (χ2n) is 3.08. The Labute approximate surface area is 104 Å². The molecule has 0 aromatic heterocycles. The van der Waals surface area contributed by atoms with Gasteiger partial charge in [-0.25, -0.2) is 0 Å². The molecule has 0 aliphatic heterocycles. The second-order valence-corrected chi connectivity index (χ2v) is 3.08. The van der Waals surface area contributed by atoms with Crippen molar-refractivity contribution in [2.45, 2.75) is 61.8 Å². The van der Waals surface area contributed by atoms with E-state index in [9.17, 15) is 0 Å². The molecule has 0 saturated heterocycles. The molecule has 0 saturated carbocycles. The minimum Gasteiger partial charge on any atom is -0.0683 e. The molecular weight excluding hydrogens is 192 g/mol. The molecule has 0 heterocycles. The van der Waals surface area contributed by atoms with Gasteiger partial charge >= 0.3 is 0 Å². The highest BCUT2D eigenvalue weighted by atomic mass is 14.0. The average molecular weight is 224 g/mol. The molecule has 0 amide bonds. The summed E-state index contributed by atoms with van der Waals surface area (Å²) in [7, 11) is 0. The zero-order valence-corrected chi connectivity index (χ0v) is 12.7. The quantitative estimate of drug-likeness (QED) is 0.581. The first kappa shape index (κ1) is 20.6. The maximum atomic E-state index is 2.24. The van der Waals surface area contributed by atoms with Crippen molar-refractivity contribution < 1.29 is 0 Å². The maximum Gasteiger partial charge on any atom is -0.0256 e. The van der Waals surface area contributed by atoms with E-state index in [-0.39, 0.29) is 0 Å². The lowest BCUT2D eigenvalue weighted by atomic mass is 10.0. The number of hydrogen-bond acceptors (Lipinski definition) is 0. The number of rotatable bonds is 2. The van der Waals surface area contributed by atoms with Gasteiger partial charge in [-0.15, -0.1) is 0 Å². The SMILES string of the molecule is CC.CC.CC.CC(C)Cc1ccccc1. The van der Waals surface area contributed by atoms with Crippen molar-refractivity contribution in [1.82, 2.24) is 0 Å². The van der Waals surface area contributed by atoms with Crippen LogP contribution in [0.25, 0.3) is 0 Å². The number of hydrogen-bond donors (Lipinski definition) is 0. The zero-order valence-electron chi connectivity index (χ0n) is 12.7. The smallest absolute Gasteiger partial charge is 0.0256 e. The summed E-state index contributed by atoms with van der Waals surface area (Å²) in [6.45, 7) is 16.5. The van der Waals surface area contributed by atoms with Gasteiger partial charge in [0.1, 0.15) is 0 Å². The van der Waals surface area contributed by atoms with Crippen molar-refractivity contribution in [3.05, 3.63) is 35.9 Å². The van der Waals surface area contributed by atoms with E-state index in [1.165, 1.54) is 12.0 Å². The normalized spacial score (nSPS) is 7.56. The molecule has 1 aromatic carbocycles. The molecule has 96 valence electrons. The molecule has 16 heavy (non-hydrogen) atoms. The highest BCUT2D eigenvalue weighted by Gasteiger charge is 1.94. The molecule has 1 rings (SSSR count). The largest absolute Gasteiger partial charge is 0.0683 e. The lowest BCUT2D eigenvalue weighted by Gasteiger charge is -2.02. The highest BCUT2D eigenvalue weighted by molar-refractivity contribution is 5.14. The van der Waals surface area contributed by atoms with E-state index in [1.54, 1.807) is 0 Å². The van der Waals surface area contributed by atoms with Crippen LogP contribution >= 0.6 is 0 Å². The third-order valence-electron chi connectivity index (χ3n) is 1.49. The Morgan fingerprint density at radius 3 is 1.44 bits per heavy atom. The van der Waals surface area contributed by atoms with Crippen molar-refractivity contribution in [2.24, 2.45) is 5.92 Å². The van der Waals surface area contributed by atoms with Gasteiger partial charge < -0.3 is 0 Å². The summed E-state index contributed by atoms with van der Waals surface area (Å²) in [5.74, 6) is 0.766. The predicted octanol–water partition coefficient (Wildman–Crippen LogP) is 5.96. The van der Waals surface area contributed by atoms with Gasteiger partial charge in [0, 0.05) is 0 Å². The predicted molar refractivity (Wildman–Crippen MR) is 79.0 cm³/mol. The Morgan fingerprint density at radius 2 is 1.12 bits per heavy atom. The molecule has 0 radical (unpaired) electrons. The highest BCUT2D eigenvalue weighted by Crippen LogP contribution is 2.05. The summed E-state index contributed by atoms with van der Waals surface area (Å²) in [4.78, 5) is 0. The lowest BCUT2D eigenvalue weighted by Crippen LogP contribution is -1.92. The van der Waals surface area contributed by atoms with Crippen LogP contribution in [0.3, 0.4) is 0 Å². The van der Waals surface area contributed by atoms with Gasteiger partial charge in [-0.2, -0.15) is 0 Å². The average Bonchev–Trinajstić information content (AvgIpc) is 2.37. The molecule has 0 atom stereocenters. The van der Waals surface area contributed by atoms with Crippen LogP contribution in [0, 0.1) is 5.92 Å². The van der Waals surface area contributed by atoms with Crippen LogP contribution in [0.2, 0.25) is 0 Å². The lowest BCUT2D eigenvalue weighted by molar-refractivity contribution is 0.647. The van der Waals surface area contributed by atoms with Crippen molar-refractivity contribution in [1.29, 1.82) is 0 Å². The van der Waals surface area contributed by atoms with Crippen molar-refractivity contribution in [2.75, 3.05) is 0 Å². The molecule has 0 aliphatic rings. The van der Waals surface area contributed by atoms with Crippen LogP contribution < -0.4 is 0 Å². The van der Waals surface area contributed by atoms with Crippen LogP contribution in [0.4, 0.5) is 0 Å². The third-order valence-corrected chi connectivity index (χ3v) is 1.49. The fraction of sp³-hybridized carbons (Fsp3) is 0.625. The maximum absolute atomic E-state index is 2.24. The summed E-state index contributed by atoms with van der Waals surface area (Å²) in [5, 5.41) is 0. The Morgan fingerprint density at radius 1 is 0.750 bits per heavy atom.